The molecule has 0 aromatic heterocycles. The molecule has 2 N–H and O–H groups in total. The number of carbonyl (C=O) groups excluding carboxylic acids is 1. The van der Waals surface area contributed by atoms with Crippen molar-refractivity contribution in [2.45, 2.75) is 37.8 Å². The first kappa shape index (κ1) is 20.2. The summed E-state index contributed by atoms with van der Waals surface area (Å²) in [6.07, 6.45) is 2.09. The molecule has 0 saturated carbocycles. The Kier molecular flexibility index (Phi) is 6.63. The molecular formula is C18H28N4O3S. The second-order valence-electron chi connectivity index (χ2n) is 6.91. The smallest absolute Gasteiger partial charge is 0.225 e. The van der Waals surface area contributed by atoms with Crippen molar-refractivity contribution in [2.24, 2.45) is 10.9 Å². The maximum Gasteiger partial charge on any atom is 0.225 e. The molecule has 1 amide bonds. The maximum atomic E-state index is 12.1. The van der Waals surface area contributed by atoms with E-state index in [0.29, 0.717) is 23.9 Å². The van der Waals surface area contributed by atoms with Gasteiger partial charge in [0.25, 0.3) is 0 Å². The van der Waals surface area contributed by atoms with Crippen LogP contribution in [0.1, 0.15) is 25.8 Å². The fraction of sp³-hybridized carbons (Fsp3) is 0.556. The highest BCUT2D eigenvalue weighted by Gasteiger charge is 2.27. The van der Waals surface area contributed by atoms with Crippen molar-refractivity contribution in [3.63, 3.8) is 0 Å². The largest absolute Gasteiger partial charge is 0.352 e. The van der Waals surface area contributed by atoms with Crippen molar-refractivity contribution < 1.29 is 13.2 Å². The van der Waals surface area contributed by atoms with E-state index in [4.69, 9.17) is 0 Å². The highest BCUT2D eigenvalue weighted by molar-refractivity contribution is 7.90. The molecule has 7 nitrogen and oxygen atoms in total. The van der Waals surface area contributed by atoms with Crippen LogP contribution in [0.25, 0.3) is 0 Å². The third-order valence-corrected chi connectivity index (χ3v) is 5.50. The predicted molar refractivity (Wildman–Crippen MR) is 103 cm³/mol. The van der Waals surface area contributed by atoms with E-state index in [1.54, 1.807) is 31.3 Å². The van der Waals surface area contributed by atoms with Gasteiger partial charge in [0, 0.05) is 44.9 Å². The van der Waals surface area contributed by atoms with Crippen molar-refractivity contribution in [3.05, 3.63) is 29.8 Å². The van der Waals surface area contributed by atoms with Crippen LogP contribution in [0.3, 0.4) is 0 Å². The van der Waals surface area contributed by atoms with Gasteiger partial charge in [-0.05, 0) is 24.1 Å². The zero-order valence-electron chi connectivity index (χ0n) is 15.8. The van der Waals surface area contributed by atoms with Crippen LogP contribution in [0.4, 0.5) is 0 Å². The van der Waals surface area contributed by atoms with Gasteiger partial charge in [-0.3, -0.25) is 9.79 Å². The van der Waals surface area contributed by atoms with Gasteiger partial charge < -0.3 is 15.5 Å². The van der Waals surface area contributed by atoms with Gasteiger partial charge in [-0.2, -0.15) is 0 Å². The highest BCUT2D eigenvalue weighted by atomic mass is 32.2. The van der Waals surface area contributed by atoms with E-state index >= 15 is 0 Å². The van der Waals surface area contributed by atoms with E-state index in [1.807, 2.05) is 18.7 Å². The molecule has 144 valence electrons. The van der Waals surface area contributed by atoms with E-state index < -0.39 is 9.84 Å². The molecule has 1 atom stereocenters. The summed E-state index contributed by atoms with van der Waals surface area (Å²) in [5, 5.41) is 6.57. The summed E-state index contributed by atoms with van der Waals surface area (Å²) in [5.74, 6) is 0.866. The number of rotatable bonds is 5. The molecule has 1 unspecified atom stereocenters. The first-order valence-corrected chi connectivity index (χ1v) is 10.6. The molecule has 0 aliphatic carbocycles. The molecule has 1 fully saturated rings. The van der Waals surface area contributed by atoms with Crippen molar-refractivity contribution in [1.29, 1.82) is 0 Å². The molecule has 0 radical (unpaired) electrons. The number of hydrogen-bond acceptors (Lipinski definition) is 4. The van der Waals surface area contributed by atoms with Gasteiger partial charge in [-0.1, -0.05) is 26.0 Å². The standard InChI is InChI=1S/C18H28N4O3S/c1-13(2)17(23)22-10-9-15(12-22)21-18(19-3)20-11-14-5-7-16(8-6-14)26(4,24)25/h5-8,13,15H,9-12H2,1-4H3,(H2,19,20,21). The lowest BCUT2D eigenvalue weighted by molar-refractivity contribution is -0.133. The van der Waals surface area contributed by atoms with Crippen LogP contribution in [0, 0.1) is 5.92 Å². The van der Waals surface area contributed by atoms with Gasteiger partial charge >= 0.3 is 0 Å². The molecule has 26 heavy (non-hydrogen) atoms. The minimum absolute atomic E-state index is 0.0149. The van der Waals surface area contributed by atoms with Gasteiger partial charge in [0.2, 0.25) is 5.91 Å². The van der Waals surface area contributed by atoms with Gasteiger partial charge in [0.15, 0.2) is 15.8 Å². The zero-order valence-corrected chi connectivity index (χ0v) is 16.6. The van der Waals surface area contributed by atoms with Crippen LogP contribution < -0.4 is 10.6 Å². The summed E-state index contributed by atoms with van der Waals surface area (Å²) in [4.78, 5) is 18.5. The molecule has 1 aromatic carbocycles. The Hall–Kier alpha value is -2.09. The number of benzene rings is 1. The summed E-state index contributed by atoms with van der Waals surface area (Å²) in [6, 6.07) is 6.96. The predicted octanol–water partition coefficient (Wildman–Crippen LogP) is 1.01. The van der Waals surface area contributed by atoms with Gasteiger partial charge in [-0.15, -0.1) is 0 Å². The molecule has 8 heteroatoms. The van der Waals surface area contributed by atoms with Crippen LogP contribution in [0.5, 0.6) is 0 Å². The van der Waals surface area contributed by atoms with E-state index in [9.17, 15) is 13.2 Å². The molecule has 1 aliphatic rings. The molecule has 1 aliphatic heterocycles. The molecule has 1 aromatic rings. The Balaban J connectivity index is 1.86. The third kappa shape index (κ3) is 5.45. The number of likely N-dealkylation sites (tertiary alicyclic amines) is 1. The summed E-state index contributed by atoms with van der Waals surface area (Å²) in [6.45, 7) is 5.81. The highest BCUT2D eigenvalue weighted by Crippen LogP contribution is 2.13. The summed E-state index contributed by atoms with van der Waals surface area (Å²) < 4.78 is 23.0. The fourth-order valence-electron chi connectivity index (χ4n) is 2.87. The van der Waals surface area contributed by atoms with E-state index in [2.05, 4.69) is 15.6 Å². The van der Waals surface area contributed by atoms with Crippen LogP contribution in [-0.4, -0.2) is 57.6 Å². The van der Waals surface area contributed by atoms with Crippen molar-refractivity contribution in [3.8, 4) is 0 Å². The van der Waals surface area contributed by atoms with Crippen molar-refractivity contribution in [2.75, 3.05) is 26.4 Å². The molecule has 1 saturated heterocycles. The van der Waals surface area contributed by atoms with Crippen LogP contribution in [-0.2, 0) is 21.2 Å². The van der Waals surface area contributed by atoms with Crippen molar-refractivity contribution in [1.82, 2.24) is 15.5 Å². The first-order valence-electron chi connectivity index (χ1n) is 8.75. The van der Waals surface area contributed by atoms with Gasteiger partial charge in [0.1, 0.15) is 0 Å². The maximum absolute atomic E-state index is 12.1. The molecular weight excluding hydrogens is 352 g/mol. The molecule has 1 heterocycles. The molecule has 0 spiro atoms. The molecule has 0 bridgehead atoms. The quantitative estimate of drug-likeness (QED) is 0.588. The second kappa shape index (κ2) is 8.53. The lowest BCUT2D eigenvalue weighted by Crippen LogP contribution is -2.45. The number of nitrogens with one attached hydrogen (secondary N) is 2. The minimum atomic E-state index is -3.18. The Labute approximate surface area is 155 Å². The Bertz CT molecular complexity index is 757. The van der Waals surface area contributed by atoms with Crippen LogP contribution >= 0.6 is 0 Å². The Morgan fingerprint density at radius 1 is 1.31 bits per heavy atom. The van der Waals surface area contributed by atoms with E-state index in [1.165, 1.54) is 6.26 Å². The van der Waals surface area contributed by atoms with Gasteiger partial charge in [-0.25, -0.2) is 8.42 Å². The summed E-state index contributed by atoms with van der Waals surface area (Å²) in [7, 11) is -1.48. The van der Waals surface area contributed by atoms with E-state index in [0.717, 1.165) is 18.5 Å². The summed E-state index contributed by atoms with van der Waals surface area (Å²) in [5.41, 5.74) is 0.961. The number of hydrogen-bond donors (Lipinski definition) is 2. The lowest BCUT2D eigenvalue weighted by Gasteiger charge is -2.20. The van der Waals surface area contributed by atoms with Gasteiger partial charge in [0.05, 0.1) is 4.90 Å². The number of nitrogens with zero attached hydrogens (tertiary/aromatic N) is 2. The monoisotopic (exact) mass is 380 g/mol. The van der Waals surface area contributed by atoms with E-state index in [-0.39, 0.29) is 17.9 Å². The summed E-state index contributed by atoms with van der Waals surface area (Å²) >= 11 is 0. The number of carbonyl (C=O) groups is 1. The fourth-order valence-corrected chi connectivity index (χ4v) is 3.50. The Morgan fingerprint density at radius 2 is 1.96 bits per heavy atom. The zero-order chi connectivity index (χ0) is 19.3. The Morgan fingerprint density at radius 3 is 2.50 bits per heavy atom. The number of amides is 1. The van der Waals surface area contributed by atoms with Crippen LogP contribution in [0.2, 0.25) is 0 Å². The first-order chi connectivity index (χ1) is 12.2. The third-order valence-electron chi connectivity index (χ3n) is 4.37. The average molecular weight is 381 g/mol. The average Bonchev–Trinajstić information content (AvgIpc) is 3.05. The normalized spacial score (nSPS) is 18.3. The second-order valence-corrected chi connectivity index (χ2v) is 8.93. The number of guanidine groups is 1. The number of aliphatic imine (C=N–C) groups is 1. The molecule has 2 rings (SSSR count). The van der Waals surface area contributed by atoms with Crippen molar-refractivity contribution >= 4 is 21.7 Å². The SMILES string of the molecule is CN=C(NCc1ccc(S(C)(=O)=O)cc1)NC1CCN(C(=O)C(C)C)C1. The van der Waals surface area contributed by atoms with Crippen LogP contribution in [0.15, 0.2) is 34.2 Å². The number of sulfone groups is 1. The topological polar surface area (TPSA) is 90.9 Å². The lowest BCUT2D eigenvalue weighted by atomic mass is 10.2. The minimum Gasteiger partial charge on any atom is -0.352 e.